The molecule has 17 atom stereocenters. The molecule has 0 aromatic rings. The highest BCUT2D eigenvalue weighted by Crippen LogP contribution is 2.33. The molecule has 0 aromatic carbocycles. The zero-order valence-electron chi connectivity index (χ0n) is 56.3. The van der Waals surface area contributed by atoms with Crippen molar-refractivity contribution in [2.75, 3.05) is 26.4 Å². The van der Waals surface area contributed by atoms with E-state index in [4.69, 9.17) is 28.4 Å². The molecular formula is C73H127NO18. The second-order valence-corrected chi connectivity index (χ2v) is 25.3. The first-order valence-electron chi connectivity index (χ1n) is 35.8. The van der Waals surface area contributed by atoms with Crippen LogP contribution in [-0.4, -0.2) is 193 Å². The number of rotatable bonds is 54. The Bertz CT molecular complexity index is 2000. The predicted octanol–water partition coefficient (Wildman–Crippen LogP) is 9.88. The van der Waals surface area contributed by atoms with Gasteiger partial charge in [-0.05, 0) is 77.0 Å². The molecule has 92 heavy (non-hydrogen) atoms. The largest absolute Gasteiger partial charge is 0.394 e. The lowest BCUT2D eigenvalue weighted by Gasteiger charge is -2.48. The Balaban J connectivity index is 1.45. The summed E-state index contributed by atoms with van der Waals surface area (Å²) in [6.45, 7) is 1.60. The van der Waals surface area contributed by atoms with Gasteiger partial charge in [-0.1, -0.05) is 240 Å². The maximum atomic E-state index is 13.4. The molecule has 0 saturated carbocycles. The summed E-state index contributed by atoms with van der Waals surface area (Å²) < 4.78 is 34.3. The average Bonchev–Trinajstić information content (AvgIpc) is 0.838. The van der Waals surface area contributed by atoms with E-state index < -0.39 is 124 Å². The molecule has 0 radical (unpaired) electrons. The van der Waals surface area contributed by atoms with E-state index in [1.165, 1.54) is 109 Å². The maximum absolute atomic E-state index is 13.4. The molecule has 0 spiro atoms. The van der Waals surface area contributed by atoms with Crippen molar-refractivity contribution in [2.24, 2.45) is 0 Å². The lowest BCUT2D eigenvalue weighted by Crippen LogP contribution is -2.66. The van der Waals surface area contributed by atoms with E-state index in [2.05, 4.69) is 92.1 Å². The van der Waals surface area contributed by atoms with Crippen LogP contribution in [0.4, 0.5) is 0 Å². The molecule has 3 fully saturated rings. The quantitative estimate of drug-likeness (QED) is 0.0199. The highest BCUT2D eigenvalue weighted by Gasteiger charge is 2.53. The molecule has 1 amide bonds. The van der Waals surface area contributed by atoms with Gasteiger partial charge in [-0.25, -0.2) is 0 Å². The first-order valence-corrected chi connectivity index (χ1v) is 35.8. The Morgan fingerprint density at radius 1 is 0.402 bits per heavy atom. The number of hydrogen-bond acceptors (Lipinski definition) is 18. The molecule has 3 aliphatic heterocycles. The van der Waals surface area contributed by atoms with Crippen molar-refractivity contribution >= 4 is 5.91 Å². The fourth-order valence-corrected chi connectivity index (χ4v) is 11.6. The molecule has 0 bridgehead atoms. The van der Waals surface area contributed by atoms with Crippen LogP contribution in [0.15, 0.2) is 85.1 Å². The summed E-state index contributed by atoms with van der Waals surface area (Å²) >= 11 is 0. The summed E-state index contributed by atoms with van der Waals surface area (Å²) in [4.78, 5) is 13.4. The number of unbranched alkanes of at least 4 members (excludes halogenated alkanes) is 26. The third-order valence-electron chi connectivity index (χ3n) is 17.4. The van der Waals surface area contributed by atoms with Crippen molar-refractivity contribution in [1.29, 1.82) is 0 Å². The Kier molecular flexibility index (Phi) is 48.9. The molecule has 0 aliphatic carbocycles. The molecule has 19 nitrogen and oxygen atoms in total. The SMILES string of the molecule is CC/C=C\C/C=C\C/C=C\C/C=C\C/C=C\CCCCCCCCCC(=O)NC(COC1OC(CO)C(OC2OC(CO)C(OC3OC(CO)C(O)C(O)C3O)C(O)C2O)C(O)C1O)C(O)/C=C/CC/C=C/CCCCCCCCCCCCCCCCCCCC. The number of nitrogens with one attached hydrogen (secondary N) is 1. The highest BCUT2D eigenvalue weighted by atomic mass is 16.8. The number of hydrogen-bond donors (Lipinski definition) is 12. The lowest BCUT2D eigenvalue weighted by atomic mass is 9.96. The fraction of sp³-hybridized carbons (Fsp3) is 0.795. The summed E-state index contributed by atoms with van der Waals surface area (Å²) in [7, 11) is 0. The minimum atomic E-state index is -1.99. The molecule has 12 N–H and O–H groups in total. The first kappa shape index (κ1) is 83.2. The number of allylic oxidation sites excluding steroid dienone is 13. The average molecular weight is 1310 g/mol. The predicted molar refractivity (Wildman–Crippen MR) is 360 cm³/mol. The number of carbonyl (C=O) groups is 1. The third kappa shape index (κ3) is 35.3. The number of ether oxygens (including phenoxy) is 6. The van der Waals surface area contributed by atoms with E-state index >= 15 is 0 Å². The van der Waals surface area contributed by atoms with Gasteiger partial charge in [-0.15, -0.1) is 0 Å². The zero-order valence-corrected chi connectivity index (χ0v) is 56.3. The molecule has 532 valence electrons. The molecular weight excluding hydrogens is 1180 g/mol. The van der Waals surface area contributed by atoms with Crippen molar-refractivity contribution in [2.45, 2.75) is 343 Å². The number of amides is 1. The van der Waals surface area contributed by atoms with Crippen molar-refractivity contribution < 1.29 is 89.4 Å². The Morgan fingerprint density at radius 2 is 0.761 bits per heavy atom. The van der Waals surface area contributed by atoms with E-state index in [1.54, 1.807) is 6.08 Å². The highest BCUT2D eigenvalue weighted by molar-refractivity contribution is 5.76. The maximum Gasteiger partial charge on any atom is 0.220 e. The topological polar surface area (TPSA) is 307 Å². The van der Waals surface area contributed by atoms with Crippen LogP contribution in [0.25, 0.3) is 0 Å². The van der Waals surface area contributed by atoms with E-state index in [0.29, 0.717) is 12.8 Å². The van der Waals surface area contributed by atoms with Crippen LogP contribution in [0.1, 0.15) is 239 Å². The standard InChI is InChI=1S/C73H127NO18/c1-3-5-7-9-11-13-15-17-19-21-23-25-27-29-30-32-34-36-38-40-42-44-46-48-50-57(78)56(74-61(79)51-49-47-45-43-41-39-37-35-33-31-28-26-24-22-20-18-16-14-12-10-8-6-4-2)55-87-71-67(85)64(82)69(59(53-76)89-71)92-73-68(86)65(83)70(60(54-77)90-73)91-72-66(84)63(81)62(80)58(52-75)88-72/h6,8,12,14,18,20,24,26,31,33,40,42,48,50,56-60,62-73,75-78,80-86H,3-5,7,9-11,13,15-17,19,21-23,25,27-30,32,34-39,41,43-47,49,51-55H2,1-2H3,(H,74,79)/b8-6-,14-12-,20-18-,26-24-,33-31-,42-40+,50-48+. The van der Waals surface area contributed by atoms with Gasteiger partial charge in [0.1, 0.15) is 73.2 Å². The smallest absolute Gasteiger partial charge is 0.220 e. The van der Waals surface area contributed by atoms with Gasteiger partial charge in [0.25, 0.3) is 0 Å². The molecule has 0 aromatic heterocycles. The van der Waals surface area contributed by atoms with Crippen molar-refractivity contribution in [3.63, 3.8) is 0 Å². The summed E-state index contributed by atoms with van der Waals surface area (Å²) in [5.41, 5.74) is 0. The summed E-state index contributed by atoms with van der Waals surface area (Å²) in [6.07, 6.45) is 42.7. The number of aliphatic hydroxyl groups excluding tert-OH is 11. The summed E-state index contributed by atoms with van der Waals surface area (Å²) in [5, 5.41) is 121. The number of aliphatic hydroxyl groups is 11. The Hall–Kier alpha value is -3.03. The van der Waals surface area contributed by atoms with Crippen LogP contribution in [0.2, 0.25) is 0 Å². The Labute approximate surface area is 552 Å². The minimum Gasteiger partial charge on any atom is -0.394 e. The summed E-state index contributed by atoms with van der Waals surface area (Å²) in [5.74, 6) is -0.298. The zero-order chi connectivity index (χ0) is 66.8. The van der Waals surface area contributed by atoms with E-state index in [-0.39, 0.29) is 18.9 Å². The van der Waals surface area contributed by atoms with Crippen molar-refractivity contribution in [3.05, 3.63) is 85.1 Å². The molecule has 3 rings (SSSR count). The molecule has 3 saturated heterocycles. The Morgan fingerprint density at radius 3 is 1.22 bits per heavy atom. The molecule has 3 heterocycles. The number of carbonyl (C=O) groups excluding carboxylic acids is 1. The van der Waals surface area contributed by atoms with Crippen LogP contribution in [0, 0.1) is 0 Å². The molecule has 3 aliphatic rings. The normalized spacial score (nSPS) is 28.2. The van der Waals surface area contributed by atoms with Gasteiger partial charge in [0.05, 0.1) is 38.6 Å². The van der Waals surface area contributed by atoms with E-state index in [0.717, 1.165) is 96.3 Å². The van der Waals surface area contributed by atoms with Gasteiger partial charge in [-0.3, -0.25) is 4.79 Å². The van der Waals surface area contributed by atoms with Gasteiger partial charge in [-0.2, -0.15) is 0 Å². The molecule has 17 unspecified atom stereocenters. The van der Waals surface area contributed by atoms with Gasteiger partial charge in [0.2, 0.25) is 5.91 Å². The monoisotopic (exact) mass is 1310 g/mol. The molecule has 19 heteroatoms. The third-order valence-corrected chi connectivity index (χ3v) is 17.4. The lowest BCUT2D eigenvalue weighted by molar-refractivity contribution is -0.379. The van der Waals surface area contributed by atoms with Gasteiger partial charge >= 0.3 is 0 Å². The van der Waals surface area contributed by atoms with Crippen LogP contribution in [0.3, 0.4) is 0 Å². The second kappa shape index (κ2) is 54.0. The second-order valence-electron chi connectivity index (χ2n) is 25.3. The summed E-state index contributed by atoms with van der Waals surface area (Å²) in [6, 6.07) is -1.00. The van der Waals surface area contributed by atoms with Crippen molar-refractivity contribution in [1.82, 2.24) is 5.32 Å². The van der Waals surface area contributed by atoms with Crippen molar-refractivity contribution in [3.8, 4) is 0 Å². The van der Waals surface area contributed by atoms with Crippen LogP contribution in [-0.2, 0) is 33.2 Å². The van der Waals surface area contributed by atoms with Gasteiger partial charge in [0, 0.05) is 6.42 Å². The van der Waals surface area contributed by atoms with E-state index in [1.807, 2.05) is 6.08 Å². The van der Waals surface area contributed by atoms with Crippen LogP contribution >= 0.6 is 0 Å². The van der Waals surface area contributed by atoms with E-state index in [9.17, 15) is 61.0 Å². The first-order chi connectivity index (χ1) is 44.8. The minimum absolute atomic E-state index is 0.218. The van der Waals surface area contributed by atoms with Gasteiger partial charge < -0.3 is 89.9 Å². The van der Waals surface area contributed by atoms with Crippen LogP contribution < -0.4 is 5.32 Å². The van der Waals surface area contributed by atoms with Crippen LogP contribution in [0.5, 0.6) is 0 Å². The fourth-order valence-electron chi connectivity index (χ4n) is 11.6. The van der Waals surface area contributed by atoms with Gasteiger partial charge in [0.15, 0.2) is 18.9 Å².